The highest BCUT2D eigenvalue weighted by atomic mass is 32.2. The average molecular weight is 404 g/mol. The number of nitrogens with zero attached hydrogens (tertiary/aromatic N) is 4. The first-order valence-corrected chi connectivity index (χ1v) is 10.7. The Hall–Kier alpha value is -2.22. The summed E-state index contributed by atoms with van der Waals surface area (Å²) in [5, 5.41) is 8.68. The molecule has 0 saturated heterocycles. The van der Waals surface area contributed by atoms with E-state index in [0.29, 0.717) is 17.0 Å². The maximum absolute atomic E-state index is 13.0. The molecule has 28 heavy (non-hydrogen) atoms. The van der Waals surface area contributed by atoms with Crippen molar-refractivity contribution in [3.63, 3.8) is 0 Å². The molecule has 0 aliphatic heterocycles. The van der Waals surface area contributed by atoms with Gasteiger partial charge in [0.25, 0.3) is 0 Å². The Kier molecular flexibility index (Phi) is 6.83. The van der Waals surface area contributed by atoms with Crippen LogP contribution in [0.15, 0.2) is 29.4 Å². The summed E-state index contributed by atoms with van der Waals surface area (Å²) >= 11 is 1.36. The van der Waals surface area contributed by atoms with Crippen molar-refractivity contribution in [3.05, 3.63) is 24.3 Å². The van der Waals surface area contributed by atoms with E-state index in [1.165, 1.54) is 35.7 Å². The quantitative estimate of drug-likeness (QED) is 0.564. The summed E-state index contributed by atoms with van der Waals surface area (Å²) in [6.07, 6.45) is 5.89. The summed E-state index contributed by atoms with van der Waals surface area (Å²) in [6.45, 7) is 4.71. The third-order valence-electron chi connectivity index (χ3n) is 5.28. The topological polar surface area (TPSA) is 86.3 Å². The van der Waals surface area contributed by atoms with E-state index in [9.17, 15) is 4.79 Å². The van der Waals surface area contributed by atoms with Gasteiger partial charge in [-0.1, -0.05) is 31.0 Å². The Morgan fingerprint density at radius 2 is 1.96 bits per heavy atom. The van der Waals surface area contributed by atoms with Crippen LogP contribution in [-0.2, 0) is 4.79 Å². The normalized spacial score (nSPS) is 16.0. The molecule has 1 heterocycles. The molecule has 1 amide bonds. The van der Waals surface area contributed by atoms with E-state index in [1.807, 2.05) is 36.1 Å². The van der Waals surface area contributed by atoms with Gasteiger partial charge in [0, 0.05) is 18.2 Å². The molecule has 8 heteroatoms. The van der Waals surface area contributed by atoms with Crippen molar-refractivity contribution in [1.82, 2.24) is 19.8 Å². The molecule has 1 aromatic heterocycles. The molecule has 0 bridgehead atoms. The van der Waals surface area contributed by atoms with Crippen LogP contribution in [0, 0.1) is 0 Å². The smallest absolute Gasteiger partial charge is 0.236 e. The van der Waals surface area contributed by atoms with Gasteiger partial charge in [0.05, 0.1) is 12.4 Å². The van der Waals surface area contributed by atoms with Gasteiger partial charge in [0.2, 0.25) is 11.1 Å². The minimum absolute atomic E-state index is 0.147. The fraction of sp³-hybridized carbons (Fsp3) is 0.550. The van der Waals surface area contributed by atoms with Gasteiger partial charge < -0.3 is 15.5 Å². The molecular weight excluding hydrogens is 374 g/mol. The number of carbonyl (C=O) groups is 1. The van der Waals surface area contributed by atoms with Crippen molar-refractivity contribution in [3.8, 4) is 17.1 Å². The standard InChI is InChI=1S/C20H29N5O2S/c1-4-24(16-8-6-5-7-9-16)19(26)14(2)28-20-23-22-18(25(20)21)15-10-12-17(27-3)13-11-15/h10-14,16H,4-9,21H2,1-3H3/t14-/m1/s1. The number of nitrogens with two attached hydrogens (primary N) is 1. The Bertz CT molecular complexity index is 786. The second-order valence-corrected chi connectivity index (χ2v) is 8.39. The molecule has 0 unspecified atom stereocenters. The fourth-order valence-electron chi connectivity index (χ4n) is 3.72. The van der Waals surface area contributed by atoms with E-state index in [-0.39, 0.29) is 11.2 Å². The first-order chi connectivity index (χ1) is 13.5. The third-order valence-corrected chi connectivity index (χ3v) is 6.33. The molecule has 1 fully saturated rings. The van der Waals surface area contributed by atoms with Crippen molar-refractivity contribution >= 4 is 17.7 Å². The average Bonchev–Trinajstić information content (AvgIpc) is 3.09. The molecule has 3 rings (SSSR count). The fourth-order valence-corrected chi connectivity index (χ4v) is 4.56. The summed E-state index contributed by atoms with van der Waals surface area (Å²) in [6, 6.07) is 7.84. The molecule has 152 valence electrons. The summed E-state index contributed by atoms with van der Waals surface area (Å²) in [4.78, 5) is 15.1. The summed E-state index contributed by atoms with van der Waals surface area (Å²) < 4.78 is 6.63. The highest BCUT2D eigenvalue weighted by Crippen LogP contribution is 2.29. The van der Waals surface area contributed by atoms with Crippen LogP contribution in [0.5, 0.6) is 5.75 Å². The number of rotatable bonds is 7. The van der Waals surface area contributed by atoms with Crippen LogP contribution in [0.3, 0.4) is 0 Å². The molecule has 2 N–H and O–H groups in total. The number of hydrogen-bond donors (Lipinski definition) is 1. The largest absolute Gasteiger partial charge is 0.497 e. The van der Waals surface area contributed by atoms with Crippen molar-refractivity contribution in [2.75, 3.05) is 19.5 Å². The van der Waals surface area contributed by atoms with Gasteiger partial charge in [-0.15, -0.1) is 10.2 Å². The van der Waals surface area contributed by atoms with Gasteiger partial charge in [0.1, 0.15) is 5.75 Å². The Morgan fingerprint density at radius 1 is 1.29 bits per heavy atom. The predicted molar refractivity (Wildman–Crippen MR) is 112 cm³/mol. The number of ether oxygens (including phenoxy) is 1. The van der Waals surface area contributed by atoms with Crippen molar-refractivity contribution < 1.29 is 9.53 Å². The van der Waals surface area contributed by atoms with E-state index in [2.05, 4.69) is 17.1 Å². The third kappa shape index (κ3) is 4.43. The number of nitrogen functional groups attached to an aromatic ring is 1. The maximum atomic E-state index is 13.0. The molecule has 7 nitrogen and oxygen atoms in total. The van der Waals surface area contributed by atoms with E-state index < -0.39 is 0 Å². The molecule has 1 aliphatic carbocycles. The zero-order chi connectivity index (χ0) is 20.1. The first-order valence-electron chi connectivity index (χ1n) is 9.87. The van der Waals surface area contributed by atoms with Gasteiger partial charge in [-0.25, -0.2) is 4.68 Å². The second kappa shape index (κ2) is 9.32. The number of carbonyl (C=O) groups excluding carboxylic acids is 1. The summed E-state index contributed by atoms with van der Waals surface area (Å²) in [7, 11) is 1.63. The lowest BCUT2D eigenvalue weighted by Gasteiger charge is -2.35. The van der Waals surface area contributed by atoms with Crippen LogP contribution in [0.2, 0.25) is 0 Å². The van der Waals surface area contributed by atoms with Gasteiger partial charge >= 0.3 is 0 Å². The number of amides is 1. The number of hydrogen-bond acceptors (Lipinski definition) is 6. The van der Waals surface area contributed by atoms with Crippen LogP contribution in [0.4, 0.5) is 0 Å². The van der Waals surface area contributed by atoms with Crippen molar-refractivity contribution in [2.45, 2.75) is 62.4 Å². The van der Waals surface area contributed by atoms with Gasteiger partial charge in [-0.3, -0.25) is 4.79 Å². The lowest BCUT2D eigenvalue weighted by atomic mass is 9.94. The van der Waals surface area contributed by atoms with E-state index in [1.54, 1.807) is 7.11 Å². The maximum Gasteiger partial charge on any atom is 0.236 e. The SMILES string of the molecule is CCN(C(=O)[C@@H](C)Sc1nnc(-c2ccc(OC)cc2)n1N)C1CCCCC1. The Morgan fingerprint density at radius 3 is 2.57 bits per heavy atom. The monoisotopic (exact) mass is 403 g/mol. The molecule has 2 aromatic rings. The van der Waals surface area contributed by atoms with Gasteiger partial charge in [0.15, 0.2) is 5.82 Å². The summed E-state index contributed by atoms with van der Waals surface area (Å²) in [5.41, 5.74) is 0.846. The van der Waals surface area contributed by atoms with Crippen LogP contribution in [-0.4, -0.2) is 50.6 Å². The number of aromatic nitrogens is 3. The molecule has 0 spiro atoms. The second-order valence-electron chi connectivity index (χ2n) is 7.08. The zero-order valence-electron chi connectivity index (χ0n) is 16.8. The minimum atomic E-state index is -0.267. The van der Waals surface area contributed by atoms with Crippen LogP contribution in [0.25, 0.3) is 11.4 Å². The highest BCUT2D eigenvalue weighted by molar-refractivity contribution is 8.00. The summed E-state index contributed by atoms with van der Waals surface area (Å²) in [5.74, 6) is 7.69. The molecule has 1 aromatic carbocycles. The van der Waals surface area contributed by atoms with Gasteiger partial charge in [-0.2, -0.15) is 0 Å². The van der Waals surface area contributed by atoms with E-state index >= 15 is 0 Å². The van der Waals surface area contributed by atoms with E-state index in [0.717, 1.165) is 30.7 Å². The minimum Gasteiger partial charge on any atom is -0.497 e. The lowest BCUT2D eigenvalue weighted by molar-refractivity contribution is -0.133. The molecule has 1 saturated carbocycles. The van der Waals surface area contributed by atoms with Crippen LogP contribution in [0.1, 0.15) is 46.0 Å². The Balaban J connectivity index is 1.70. The molecule has 1 aliphatic rings. The predicted octanol–water partition coefficient (Wildman–Crippen LogP) is 3.33. The molecule has 0 radical (unpaired) electrons. The molecular formula is C20H29N5O2S. The first kappa shape index (κ1) is 20.5. The van der Waals surface area contributed by atoms with Crippen LogP contribution < -0.4 is 10.6 Å². The Labute approximate surface area is 170 Å². The van der Waals surface area contributed by atoms with E-state index in [4.69, 9.17) is 10.6 Å². The highest BCUT2D eigenvalue weighted by Gasteiger charge is 2.29. The lowest BCUT2D eigenvalue weighted by Crippen LogP contribution is -2.44. The number of thioether (sulfide) groups is 1. The number of benzene rings is 1. The zero-order valence-corrected chi connectivity index (χ0v) is 17.6. The van der Waals surface area contributed by atoms with Crippen molar-refractivity contribution in [2.24, 2.45) is 0 Å². The molecule has 1 atom stereocenters. The number of methoxy groups -OCH3 is 1. The van der Waals surface area contributed by atoms with Crippen molar-refractivity contribution in [1.29, 1.82) is 0 Å². The van der Waals surface area contributed by atoms with Crippen LogP contribution >= 0.6 is 11.8 Å². The van der Waals surface area contributed by atoms with Gasteiger partial charge in [-0.05, 0) is 51.0 Å².